The third-order valence-corrected chi connectivity index (χ3v) is 3.46. The van der Waals surface area contributed by atoms with Crippen LogP contribution in [-0.4, -0.2) is 10.4 Å². The first kappa shape index (κ1) is 16.2. The number of rotatable bonds is 4. The molecule has 0 radical (unpaired) electrons. The highest BCUT2D eigenvalue weighted by molar-refractivity contribution is 8.93. The van der Waals surface area contributed by atoms with E-state index in [9.17, 15) is 4.79 Å². The zero-order valence-corrected chi connectivity index (χ0v) is 14.1. The van der Waals surface area contributed by atoms with Crippen LogP contribution >= 0.6 is 17.0 Å². The molecular formula is C18H18BrN2O+. The average molecular weight is 358 g/mol. The minimum Gasteiger partial charge on any atom is -0.290 e. The first-order valence-corrected chi connectivity index (χ1v) is 6.92. The molecule has 3 rings (SSSR count). The molecule has 112 valence electrons. The Balaban J connectivity index is 0.00000176. The molecule has 0 fully saturated rings. The predicted octanol–water partition coefficient (Wildman–Crippen LogP) is 3.44. The molecule has 0 N–H and O–H groups in total. The van der Waals surface area contributed by atoms with Gasteiger partial charge in [0.2, 0.25) is 12.1 Å². The summed E-state index contributed by atoms with van der Waals surface area (Å²) >= 11 is 0. The van der Waals surface area contributed by atoms with Crippen LogP contribution in [0, 0.1) is 0 Å². The number of Topliss-reactive ketones (excluding diaryl/α,β-unsaturated/α-hetero) is 1. The summed E-state index contributed by atoms with van der Waals surface area (Å²) in [5.41, 5.74) is 3.03. The summed E-state index contributed by atoms with van der Waals surface area (Å²) in [6.45, 7) is 0.367. The van der Waals surface area contributed by atoms with Crippen molar-refractivity contribution >= 4 is 22.8 Å². The normalized spacial score (nSPS) is 10.0. The van der Waals surface area contributed by atoms with E-state index in [0.717, 1.165) is 16.7 Å². The summed E-state index contributed by atoms with van der Waals surface area (Å²) in [6, 6.07) is 17.9. The minimum atomic E-state index is 0. The third-order valence-electron chi connectivity index (χ3n) is 3.46. The van der Waals surface area contributed by atoms with Crippen molar-refractivity contribution in [2.75, 3.05) is 0 Å². The zero-order chi connectivity index (χ0) is 14.7. The lowest BCUT2D eigenvalue weighted by Gasteiger charge is -2.03. The number of hydrogen-bond donors (Lipinski definition) is 0. The number of carbonyl (C=O) groups is 1. The maximum absolute atomic E-state index is 12.2. The summed E-state index contributed by atoms with van der Waals surface area (Å²) in [5, 5.41) is 0. The Morgan fingerprint density at radius 1 is 1.00 bits per heavy atom. The molecule has 3 aromatic rings. The standard InChI is InChI=1S/C18H17N2O.BrH/c1-19-11-12-20(14-19)13-18(21)17-9-7-16(8-10-17)15-5-3-2-4-6-15;/h2-12,14H,13H2,1H3;1H/q+1;. The molecule has 0 amide bonds. The van der Waals surface area contributed by atoms with Crippen LogP contribution in [0.3, 0.4) is 0 Å². The molecule has 1 heterocycles. The van der Waals surface area contributed by atoms with Crippen LogP contribution in [0.5, 0.6) is 0 Å². The van der Waals surface area contributed by atoms with Crippen LogP contribution in [0.4, 0.5) is 0 Å². The van der Waals surface area contributed by atoms with Gasteiger partial charge >= 0.3 is 0 Å². The van der Waals surface area contributed by atoms with Gasteiger partial charge in [-0.1, -0.05) is 54.6 Å². The summed E-state index contributed by atoms with van der Waals surface area (Å²) in [4.78, 5) is 12.2. The first-order chi connectivity index (χ1) is 10.2. The summed E-state index contributed by atoms with van der Waals surface area (Å²) < 4.78 is 3.80. The number of aryl methyl sites for hydroxylation is 1. The van der Waals surface area contributed by atoms with Crippen LogP contribution < -0.4 is 4.57 Å². The number of benzene rings is 2. The molecule has 0 unspecified atom stereocenters. The second-order valence-electron chi connectivity index (χ2n) is 5.12. The lowest BCUT2D eigenvalue weighted by molar-refractivity contribution is -0.671. The molecule has 0 aliphatic heterocycles. The summed E-state index contributed by atoms with van der Waals surface area (Å²) in [6.07, 6.45) is 5.72. The van der Waals surface area contributed by atoms with E-state index in [0.29, 0.717) is 6.54 Å². The van der Waals surface area contributed by atoms with Gasteiger partial charge in [-0.2, -0.15) is 0 Å². The Kier molecular flexibility index (Phi) is 5.28. The van der Waals surface area contributed by atoms with E-state index in [4.69, 9.17) is 0 Å². The molecule has 0 aliphatic rings. The topological polar surface area (TPSA) is 25.9 Å². The van der Waals surface area contributed by atoms with Gasteiger partial charge in [0.15, 0.2) is 6.54 Å². The molecular weight excluding hydrogens is 340 g/mol. The monoisotopic (exact) mass is 357 g/mol. The Hall–Kier alpha value is -2.20. The molecule has 4 heteroatoms. The van der Waals surface area contributed by atoms with Crippen molar-refractivity contribution in [3.63, 3.8) is 0 Å². The maximum atomic E-state index is 12.2. The van der Waals surface area contributed by atoms with E-state index in [1.165, 1.54) is 0 Å². The summed E-state index contributed by atoms with van der Waals surface area (Å²) in [5.74, 6) is 0.116. The average Bonchev–Trinajstić information content (AvgIpc) is 2.93. The number of halogens is 1. The Labute approximate surface area is 140 Å². The summed E-state index contributed by atoms with van der Waals surface area (Å²) in [7, 11) is 1.94. The Morgan fingerprint density at radius 2 is 1.64 bits per heavy atom. The zero-order valence-electron chi connectivity index (χ0n) is 12.3. The van der Waals surface area contributed by atoms with Crippen LogP contribution in [0.1, 0.15) is 10.4 Å². The maximum Gasteiger partial charge on any atom is 0.243 e. The van der Waals surface area contributed by atoms with Crippen LogP contribution in [-0.2, 0) is 13.6 Å². The van der Waals surface area contributed by atoms with Crippen molar-refractivity contribution in [1.29, 1.82) is 0 Å². The number of nitrogens with zero attached hydrogens (tertiary/aromatic N) is 2. The molecule has 0 saturated carbocycles. The fourth-order valence-electron chi connectivity index (χ4n) is 2.33. The number of imidazole rings is 1. The van der Waals surface area contributed by atoms with Gasteiger partial charge in [-0.25, -0.2) is 9.13 Å². The predicted molar refractivity (Wildman–Crippen MR) is 92.1 cm³/mol. The molecule has 2 aromatic carbocycles. The van der Waals surface area contributed by atoms with Gasteiger partial charge in [0.25, 0.3) is 0 Å². The SMILES string of the molecule is Br.C[n+]1ccn(CC(=O)c2ccc(-c3ccccc3)cc2)c1. The van der Waals surface area contributed by atoms with Crippen LogP contribution in [0.25, 0.3) is 11.1 Å². The molecule has 0 saturated heterocycles. The second kappa shape index (κ2) is 7.18. The van der Waals surface area contributed by atoms with Crippen molar-refractivity contribution in [3.05, 3.63) is 78.9 Å². The molecule has 0 atom stereocenters. The van der Waals surface area contributed by atoms with E-state index >= 15 is 0 Å². The van der Waals surface area contributed by atoms with Gasteiger partial charge in [-0.15, -0.1) is 17.0 Å². The van der Waals surface area contributed by atoms with E-state index in [1.807, 2.05) is 77.4 Å². The smallest absolute Gasteiger partial charge is 0.243 e. The van der Waals surface area contributed by atoms with E-state index in [-0.39, 0.29) is 22.8 Å². The Morgan fingerprint density at radius 3 is 2.23 bits per heavy atom. The van der Waals surface area contributed by atoms with E-state index < -0.39 is 0 Å². The first-order valence-electron chi connectivity index (χ1n) is 6.92. The molecule has 0 aliphatic carbocycles. The van der Waals surface area contributed by atoms with E-state index in [1.54, 1.807) is 0 Å². The van der Waals surface area contributed by atoms with Crippen molar-refractivity contribution in [3.8, 4) is 11.1 Å². The van der Waals surface area contributed by atoms with Crippen molar-refractivity contribution in [2.24, 2.45) is 7.05 Å². The number of aromatic nitrogens is 2. The molecule has 0 spiro atoms. The molecule has 3 nitrogen and oxygen atoms in total. The van der Waals surface area contributed by atoms with Gasteiger partial charge < -0.3 is 0 Å². The fourth-order valence-corrected chi connectivity index (χ4v) is 2.33. The molecule has 22 heavy (non-hydrogen) atoms. The Bertz CT molecular complexity index is 748. The lowest BCUT2D eigenvalue weighted by atomic mass is 10.0. The van der Waals surface area contributed by atoms with Gasteiger partial charge in [-0.3, -0.25) is 4.79 Å². The largest absolute Gasteiger partial charge is 0.290 e. The quantitative estimate of drug-likeness (QED) is 0.518. The highest BCUT2D eigenvalue weighted by Crippen LogP contribution is 2.19. The highest BCUT2D eigenvalue weighted by atomic mass is 79.9. The van der Waals surface area contributed by atoms with Crippen LogP contribution in [0.15, 0.2) is 73.3 Å². The van der Waals surface area contributed by atoms with Crippen molar-refractivity contribution < 1.29 is 9.36 Å². The van der Waals surface area contributed by atoms with Crippen molar-refractivity contribution in [2.45, 2.75) is 6.54 Å². The third kappa shape index (κ3) is 3.71. The minimum absolute atomic E-state index is 0. The molecule has 0 bridgehead atoms. The van der Waals surface area contributed by atoms with Gasteiger partial charge in [0.1, 0.15) is 12.4 Å². The van der Waals surface area contributed by atoms with Crippen molar-refractivity contribution in [1.82, 2.24) is 4.57 Å². The second-order valence-corrected chi connectivity index (χ2v) is 5.12. The number of carbonyl (C=O) groups excluding carboxylic acids is 1. The fraction of sp³-hybridized carbons (Fsp3) is 0.111. The van der Waals surface area contributed by atoms with Gasteiger partial charge in [0, 0.05) is 5.56 Å². The lowest BCUT2D eigenvalue weighted by Crippen LogP contribution is -2.24. The van der Waals surface area contributed by atoms with Gasteiger partial charge in [-0.05, 0) is 11.1 Å². The molecule has 1 aromatic heterocycles. The van der Waals surface area contributed by atoms with E-state index in [2.05, 4.69) is 12.1 Å². The number of hydrogen-bond acceptors (Lipinski definition) is 1. The van der Waals surface area contributed by atoms with Gasteiger partial charge in [0.05, 0.1) is 7.05 Å². The number of ketones is 1. The van der Waals surface area contributed by atoms with Crippen LogP contribution in [0.2, 0.25) is 0 Å². The highest BCUT2D eigenvalue weighted by Gasteiger charge is 2.10.